The molecule has 0 unspecified atom stereocenters. The number of nitrogens with one attached hydrogen (secondary N) is 1. The summed E-state index contributed by atoms with van der Waals surface area (Å²) in [6, 6.07) is 11.6. The number of ether oxygens (including phenoxy) is 1. The summed E-state index contributed by atoms with van der Waals surface area (Å²) in [5.74, 6) is 0.275. The summed E-state index contributed by atoms with van der Waals surface area (Å²) in [7, 11) is 1.33. The lowest BCUT2D eigenvalue weighted by Gasteiger charge is -2.39. The first-order chi connectivity index (χ1) is 13.1. The Morgan fingerprint density at radius 3 is 2.67 bits per heavy atom. The maximum absolute atomic E-state index is 12.6. The zero-order chi connectivity index (χ0) is 18.9. The zero-order valence-corrected chi connectivity index (χ0v) is 15.2. The van der Waals surface area contributed by atoms with Crippen LogP contribution in [0.25, 0.3) is 0 Å². The fourth-order valence-corrected chi connectivity index (χ4v) is 4.07. The normalized spacial score (nSPS) is 21.1. The van der Waals surface area contributed by atoms with Gasteiger partial charge >= 0.3 is 5.97 Å². The minimum absolute atomic E-state index is 0.0808. The van der Waals surface area contributed by atoms with E-state index in [-0.39, 0.29) is 23.1 Å². The molecule has 0 bridgehead atoms. The quantitative estimate of drug-likeness (QED) is 0.836. The fourth-order valence-electron chi connectivity index (χ4n) is 4.07. The SMILES string of the molecule is COC(=O)c1cc(N2CCC3(CC2)C[C@H](c2ccccc2)C(=O)N3)ncn1. The molecule has 7 heteroatoms. The smallest absolute Gasteiger partial charge is 0.356 e. The van der Waals surface area contributed by atoms with E-state index < -0.39 is 5.97 Å². The lowest BCUT2D eigenvalue weighted by molar-refractivity contribution is -0.121. The minimum atomic E-state index is -0.471. The lowest BCUT2D eigenvalue weighted by atomic mass is 9.82. The molecule has 7 nitrogen and oxygen atoms in total. The molecule has 2 aliphatic rings. The number of nitrogens with zero attached hydrogens (tertiary/aromatic N) is 3. The van der Waals surface area contributed by atoms with Crippen LogP contribution in [0.4, 0.5) is 5.82 Å². The van der Waals surface area contributed by atoms with Crippen LogP contribution in [0.15, 0.2) is 42.7 Å². The number of esters is 1. The van der Waals surface area contributed by atoms with Gasteiger partial charge in [0.25, 0.3) is 0 Å². The largest absolute Gasteiger partial charge is 0.464 e. The summed E-state index contributed by atoms with van der Waals surface area (Å²) in [6.45, 7) is 1.53. The Morgan fingerprint density at radius 1 is 1.22 bits per heavy atom. The van der Waals surface area contributed by atoms with Crippen LogP contribution in [0.1, 0.15) is 41.2 Å². The lowest BCUT2D eigenvalue weighted by Crippen LogP contribution is -2.51. The third kappa shape index (κ3) is 3.37. The van der Waals surface area contributed by atoms with Gasteiger partial charge in [0.15, 0.2) is 5.69 Å². The molecule has 1 N–H and O–H groups in total. The van der Waals surface area contributed by atoms with Gasteiger partial charge in [-0.05, 0) is 24.8 Å². The van der Waals surface area contributed by atoms with Gasteiger partial charge in [-0.25, -0.2) is 14.8 Å². The van der Waals surface area contributed by atoms with E-state index in [1.54, 1.807) is 6.07 Å². The molecule has 1 amide bonds. The standard InChI is InChI=1S/C20H22N4O3/c1-27-19(26)16-11-17(22-13-21-16)24-9-7-20(8-10-24)12-15(18(25)23-20)14-5-3-2-4-6-14/h2-6,11,13,15H,7-10,12H2,1H3,(H,23,25)/t15-/m1/s1. The van der Waals surface area contributed by atoms with Crippen molar-refractivity contribution in [1.29, 1.82) is 0 Å². The van der Waals surface area contributed by atoms with E-state index in [0.29, 0.717) is 5.82 Å². The predicted molar refractivity (Wildman–Crippen MR) is 99.5 cm³/mol. The summed E-state index contributed by atoms with van der Waals surface area (Å²) in [6.07, 6.45) is 3.90. The summed E-state index contributed by atoms with van der Waals surface area (Å²) in [5.41, 5.74) is 1.17. The van der Waals surface area contributed by atoms with Crippen molar-refractivity contribution >= 4 is 17.7 Å². The average molecular weight is 366 g/mol. The summed E-state index contributed by atoms with van der Waals surface area (Å²) in [4.78, 5) is 34.6. The van der Waals surface area contributed by atoms with Gasteiger partial charge in [0.1, 0.15) is 12.1 Å². The Kier molecular flexibility index (Phi) is 4.51. The van der Waals surface area contributed by atoms with Crippen molar-refractivity contribution in [1.82, 2.24) is 15.3 Å². The minimum Gasteiger partial charge on any atom is -0.464 e. The van der Waals surface area contributed by atoms with Crippen LogP contribution >= 0.6 is 0 Å². The summed E-state index contributed by atoms with van der Waals surface area (Å²) in [5, 5.41) is 3.26. The number of amides is 1. The number of carbonyl (C=O) groups is 2. The Morgan fingerprint density at radius 2 is 1.96 bits per heavy atom. The molecule has 0 saturated carbocycles. The van der Waals surface area contributed by atoms with Crippen molar-refractivity contribution in [3.63, 3.8) is 0 Å². The highest BCUT2D eigenvalue weighted by atomic mass is 16.5. The van der Waals surface area contributed by atoms with Gasteiger partial charge in [-0.1, -0.05) is 30.3 Å². The predicted octanol–water partition coefficient (Wildman–Crippen LogP) is 1.91. The number of hydrogen-bond donors (Lipinski definition) is 1. The van der Waals surface area contributed by atoms with Gasteiger partial charge in [-0.15, -0.1) is 0 Å². The first kappa shape index (κ1) is 17.5. The number of methoxy groups -OCH3 is 1. The van der Waals surface area contributed by atoms with Crippen LogP contribution in [-0.4, -0.2) is 47.6 Å². The molecule has 0 aliphatic carbocycles. The Labute approximate surface area is 157 Å². The number of carbonyl (C=O) groups excluding carboxylic acids is 2. The molecule has 1 atom stereocenters. The van der Waals surface area contributed by atoms with E-state index in [0.717, 1.165) is 37.9 Å². The fraction of sp³-hybridized carbons (Fsp3) is 0.400. The Hall–Kier alpha value is -2.96. The van der Waals surface area contributed by atoms with E-state index in [9.17, 15) is 9.59 Å². The van der Waals surface area contributed by atoms with E-state index in [1.165, 1.54) is 13.4 Å². The van der Waals surface area contributed by atoms with Gasteiger partial charge in [-0.3, -0.25) is 4.79 Å². The van der Waals surface area contributed by atoms with Crippen LogP contribution in [0, 0.1) is 0 Å². The maximum atomic E-state index is 12.6. The van der Waals surface area contributed by atoms with Gasteiger partial charge in [-0.2, -0.15) is 0 Å². The average Bonchev–Trinajstić information content (AvgIpc) is 3.04. The summed E-state index contributed by atoms with van der Waals surface area (Å²) < 4.78 is 4.73. The van der Waals surface area contributed by atoms with Gasteiger partial charge in [0.2, 0.25) is 5.91 Å². The number of benzene rings is 1. The molecule has 27 heavy (non-hydrogen) atoms. The molecular formula is C20H22N4O3. The van der Waals surface area contributed by atoms with Crippen molar-refractivity contribution in [2.75, 3.05) is 25.1 Å². The molecule has 140 valence electrons. The highest BCUT2D eigenvalue weighted by molar-refractivity contribution is 5.88. The van der Waals surface area contributed by atoms with Crippen molar-refractivity contribution in [3.05, 3.63) is 54.0 Å². The van der Waals surface area contributed by atoms with E-state index in [1.807, 2.05) is 30.3 Å². The molecule has 2 fully saturated rings. The highest BCUT2D eigenvalue weighted by Gasteiger charge is 2.46. The number of anilines is 1. The van der Waals surface area contributed by atoms with Crippen molar-refractivity contribution in [3.8, 4) is 0 Å². The number of rotatable bonds is 3. The highest BCUT2D eigenvalue weighted by Crippen LogP contribution is 2.39. The van der Waals surface area contributed by atoms with Crippen LogP contribution in [0.5, 0.6) is 0 Å². The monoisotopic (exact) mass is 366 g/mol. The second-order valence-corrected chi connectivity index (χ2v) is 7.18. The topological polar surface area (TPSA) is 84.4 Å². The molecule has 1 spiro atoms. The third-order valence-corrected chi connectivity index (χ3v) is 5.59. The summed E-state index contributed by atoms with van der Waals surface area (Å²) >= 11 is 0. The van der Waals surface area contributed by atoms with Crippen LogP contribution < -0.4 is 10.2 Å². The second kappa shape index (κ2) is 6.98. The number of hydrogen-bond acceptors (Lipinski definition) is 6. The second-order valence-electron chi connectivity index (χ2n) is 7.18. The van der Waals surface area contributed by atoms with E-state index in [4.69, 9.17) is 4.74 Å². The van der Waals surface area contributed by atoms with Crippen molar-refractivity contribution in [2.24, 2.45) is 0 Å². The molecule has 0 radical (unpaired) electrons. The van der Waals surface area contributed by atoms with Crippen molar-refractivity contribution < 1.29 is 14.3 Å². The third-order valence-electron chi connectivity index (χ3n) is 5.59. The van der Waals surface area contributed by atoms with Gasteiger partial charge < -0.3 is 15.0 Å². The molecule has 4 rings (SSSR count). The number of piperidine rings is 1. The molecular weight excluding hydrogens is 344 g/mol. The van der Waals surface area contributed by atoms with Crippen LogP contribution in [-0.2, 0) is 9.53 Å². The Bertz CT molecular complexity index is 847. The van der Waals surface area contributed by atoms with Crippen LogP contribution in [0.3, 0.4) is 0 Å². The molecule has 3 heterocycles. The van der Waals surface area contributed by atoms with Crippen molar-refractivity contribution in [2.45, 2.75) is 30.7 Å². The van der Waals surface area contributed by atoms with Crippen LogP contribution in [0.2, 0.25) is 0 Å². The molecule has 2 aliphatic heterocycles. The van der Waals surface area contributed by atoms with E-state index in [2.05, 4.69) is 20.2 Å². The van der Waals surface area contributed by atoms with Gasteiger partial charge in [0, 0.05) is 24.7 Å². The first-order valence-corrected chi connectivity index (χ1v) is 9.12. The molecule has 1 aromatic carbocycles. The maximum Gasteiger partial charge on any atom is 0.356 e. The zero-order valence-electron chi connectivity index (χ0n) is 15.2. The molecule has 1 aromatic heterocycles. The number of aromatic nitrogens is 2. The Balaban J connectivity index is 1.45. The van der Waals surface area contributed by atoms with Gasteiger partial charge in [0.05, 0.1) is 13.0 Å². The molecule has 2 saturated heterocycles. The molecule has 2 aromatic rings. The van der Waals surface area contributed by atoms with E-state index >= 15 is 0 Å². The first-order valence-electron chi connectivity index (χ1n) is 9.12.